The Balaban J connectivity index is 1.05. The second kappa shape index (κ2) is 26.9. The van der Waals surface area contributed by atoms with Crippen molar-refractivity contribution >= 4 is 11.9 Å². The van der Waals surface area contributed by atoms with E-state index in [2.05, 4.69) is 158 Å². The molecule has 0 aromatic heterocycles. The molecule has 2 atom stereocenters. The molecule has 0 amide bonds. The molecule has 92 heavy (non-hydrogen) atoms. The van der Waals surface area contributed by atoms with E-state index in [1.807, 2.05) is 123 Å². The molecule has 0 bridgehead atoms. The lowest BCUT2D eigenvalue weighted by atomic mass is 9.72. The van der Waals surface area contributed by atoms with Crippen LogP contribution in [0.3, 0.4) is 0 Å². The van der Waals surface area contributed by atoms with Gasteiger partial charge in [0.15, 0.2) is 0 Å². The molecule has 486 valence electrons. The first kappa shape index (κ1) is 69.8. The van der Waals surface area contributed by atoms with Gasteiger partial charge in [0.1, 0.15) is 23.0 Å². The number of unbranched alkanes of at least 4 members (excludes halogenated alkanes) is 3. The van der Waals surface area contributed by atoms with E-state index in [0.717, 1.165) is 66.8 Å². The van der Waals surface area contributed by atoms with E-state index >= 15 is 0 Å². The number of carboxylic acid groups (broad SMARTS) is 2. The Hall–Kier alpha value is -8.10. The van der Waals surface area contributed by atoms with Crippen LogP contribution >= 0.6 is 0 Å². The molecular weight excluding hydrogens is 1140 g/mol. The first-order chi connectivity index (χ1) is 42.9. The van der Waals surface area contributed by atoms with Crippen LogP contribution in [0.15, 0.2) is 170 Å². The summed E-state index contributed by atoms with van der Waals surface area (Å²) in [5.74, 6) is -0.991. The summed E-state index contributed by atoms with van der Waals surface area (Å²) < 4.78 is 0. The topological polar surface area (TPSA) is 156 Å². The largest absolute Gasteiger partial charge is 0.507 e. The summed E-state index contributed by atoms with van der Waals surface area (Å²) in [6.07, 6.45) is 4.51. The van der Waals surface area contributed by atoms with Gasteiger partial charge < -0.3 is 30.6 Å². The number of rotatable bonds is 25. The summed E-state index contributed by atoms with van der Waals surface area (Å²) in [6, 6.07) is 56.6. The van der Waals surface area contributed by atoms with Gasteiger partial charge in [0.2, 0.25) is 0 Å². The van der Waals surface area contributed by atoms with Crippen molar-refractivity contribution in [3.63, 3.8) is 0 Å². The number of carboxylic acids is 2. The maximum Gasteiger partial charge on any atom is 0.309 e. The van der Waals surface area contributed by atoms with Gasteiger partial charge in [0.05, 0.1) is 10.8 Å². The second-order valence-corrected chi connectivity index (χ2v) is 31.2. The van der Waals surface area contributed by atoms with E-state index in [0.29, 0.717) is 73.6 Å². The van der Waals surface area contributed by atoms with Crippen LogP contribution in [0.2, 0.25) is 0 Å². The molecule has 0 aliphatic rings. The number of carbonyl (C=O) groups is 2. The van der Waals surface area contributed by atoms with Crippen molar-refractivity contribution in [3.8, 4) is 23.0 Å². The molecule has 6 N–H and O–H groups in total. The Bertz CT molecular complexity index is 3640. The predicted molar refractivity (Wildman–Crippen MR) is 376 cm³/mol. The summed E-state index contributed by atoms with van der Waals surface area (Å²) in [6.45, 7) is 33.0. The SMILES string of the molecule is CC(CCCCCCC(C)(Cc1cc(Cc2cc(C(C)(C)C)c(O)c(C(C)(C)c3ccccc3)c2)c(O)c(C(C)(C)c2ccccc2)c1)C(=O)O)(Cc1cc(Cc2cc(C(C)(C)C)c(O)c(C(C)(C)c3ccccc3)c2)c(O)c(C(C)(C)c2ccccc2)c1)C(=O)O. The van der Waals surface area contributed by atoms with E-state index in [9.17, 15) is 40.2 Å². The highest BCUT2D eigenvalue weighted by Gasteiger charge is 2.39. The van der Waals surface area contributed by atoms with Gasteiger partial charge in [0, 0.05) is 56.8 Å². The summed E-state index contributed by atoms with van der Waals surface area (Å²) >= 11 is 0. The van der Waals surface area contributed by atoms with Gasteiger partial charge in [-0.15, -0.1) is 0 Å². The van der Waals surface area contributed by atoms with Crippen LogP contribution in [0.1, 0.15) is 238 Å². The molecule has 2 unspecified atom stereocenters. The minimum atomic E-state index is -1.17. The highest BCUT2D eigenvalue weighted by molar-refractivity contribution is 5.75. The first-order valence-electron chi connectivity index (χ1n) is 33.0. The monoisotopic (exact) mass is 1240 g/mol. The zero-order valence-corrected chi connectivity index (χ0v) is 57.7. The lowest BCUT2D eigenvalue weighted by Gasteiger charge is -2.32. The summed E-state index contributed by atoms with van der Waals surface area (Å²) in [4.78, 5) is 27.2. The Kier molecular flexibility index (Phi) is 20.4. The molecule has 8 nitrogen and oxygen atoms in total. The maximum atomic E-state index is 13.6. The van der Waals surface area contributed by atoms with Gasteiger partial charge in [-0.05, 0) is 117 Å². The van der Waals surface area contributed by atoms with Crippen LogP contribution in [0.4, 0.5) is 0 Å². The third-order valence-corrected chi connectivity index (χ3v) is 20.3. The molecule has 0 saturated carbocycles. The highest BCUT2D eigenvalue weighted by Crippen LogP contribution is 2.49. The molecule has 0 aliphatic carbocycles. The van der Waals surface area contributed by atoms with Gasteiger partial charge in [-0.1, -0.05) is 292 Å². The molecule has 0 aliphatic heterocycles. The number of phenols is 4. The molecule has 0 radical (unpaired) electrons. The van der Waals surface area contributed by atoms with Crippen LogP contribution in [-0.4, -0.2) is 42.6 Å². The van der Waals surface area contributed by atoms with Crippen LogP contribution in [0.5, 0.6) is 23.0 Å². The predicted octanol–water partition coefficient (Wildman–Crippen LogP) is 19.9. The summed E-state index contributed by atoms with van der Waals surface area (Å²) in [7, 11) is 0. The summed E-state index contributed by atoms with van der Waals surface area (Å²) in [5.41, 5.74) is 7.94. The van der Waals surface area contributed by atoms with Crippen LogP contribution < -0.4 is 0 Å². The number of hydrogen-bond acceptors (Lipinski definition) is 6. The third-order valence-electron chi connectivity index (χ3n) is 20.3. The zero-order valence-electron chi connectivity index (χ0n) is 57.7. The lowest BCUT2D eigenvalue weighted by Crippen LogP contribution is -2.31. The van der Waals surface area contributed by atoms with Crippen LogP contribution in [0, 0.1) is 10.8 Å². The zero-order chi connectivity index (χ0) is 67.6. The average Bonchev–Trinajstić information content (AvgIpc) is 0.777. The van der Waals surface area contributed by atoms with Crippen molar-refractivity contribution in [2.24, 2.45) is 10.8 Å². The van der Waals surface area contributed by atoms with E-state index in [-0.39, 0.29) is 35.8 Å². The van der Waals surface area contributed by atoms with Gasteiger partial charge in [-0.25, -0.2) is 0 Å². The van der Waals surface area contributed by atoms with Crippen molar-refractivity contribution in [2.75, 3.05) is 0 Å². The van der Waals surface area contributed by atoms with Gasteiger partial charge in [-0.3, -0.25) is 9.59 Å². The molecule has 0 heterocycles. The fraction of sp³-hybridized carbons (Fsp3) is 0.405. The van der Waals surface area contributed by atoms with E-state index in [4.69, 9.17) is 0 Å². The Morgan fingerprint density at radius 1 is 0.304 bits per heavy atom. The first-order valence-corrected chi connectivity index (χ1v) is 33.0. The summed E-state index contributed by atoms with van der Waals surface area (Å²) in [5, 5.41) is 71.4. The molecule has 8 heteroatoms. The molecule has 0 fully saturated rings. The fourth-order valence-electron chi connectivity index (χ4n) is 13.9. The molecule has 8 aromatic carbocycles. The van der Waals surface area contributed by atoms with E-state index < -0.39 is 55.3 Å². The normalized spacial score (nSPS) is 14.0. The molecule has 0 saturated heterocycles. The Morgan fingerprint density at radius 3 is 0.793 bits per heavy atom. The minimum absolute atomic E-state index is 0.158. The molecule has 0 spiro atoms. The number of phenolic OH excluding ortho intramolecular Hbond substituents is 4. The van der Waals surface area contributed by atoms with Crippen molar-refractivity contribution in [1.82, 2.24) is 0 Å². The minimum Gasteiger partial charge on any atom is -0.507 e. The van der Waals surface area contributed by atoms with Crippen molar-refractivity contribution < 1.29 is 40.2 Å². The smallest absolute Gasteiger partial charge is 0.309 e. The average molecular weight is 1240 g/mol. The lowest BCUT2D eigenvalue weighted by molar-refractivity contribution is -0.149. The molecule has 8 aromatic rings. The third kappa shape index (κ3) is 15.0. The molecule has 8 rings (SSSR count). The van der Waals surface area contributed by atoms with Crippen LogP contribution in [-0.2, 0) is 67.8 Å². The maximum absolute atomic E-state index is 13.6. The van der Waals surface area contributed by atoms with Crippen molar-refractivity contribution in [1.29, 1.82) is 0 Å². The van der Waals surface area contributed by atoms with E-state index in [1.54, 1.807) is 0 Å². The molecular formula is C84H102O8. The van der Waals surface area contributed by atoms with Crippen molar-refractivity contribution in [2.45, 2.75) is 207 Å². The fourth-order valence-corrected chi connectivity index (χ4v) is 13.9. The van der Waals surface area contributed by atoms with Gasteiger partial charge in [-0.2, -0.15) is 0 Å². The number of aromatic hydroxyl groups is 4. The van der Waals surface area contributed by atoms with Crippen molar-refractivity contribution in [3.05, 3.63) is 259 Å². The van der Waals surface area contributed by atoms with E-state index in [1.165, 1.54) is 0 Å². The number of hydrogen-bond donors (Lipinski definition) is 6. The van der Waals surface area contributed by atoms with Gasteiger partial charge in [0.25, 0.3) is 0 Å². The van der Waals surface area contributed by atoms with Gasteiger partial charge >= 0.3 is 11.9 Å². The number of benzene rings is 8. The second-order valence-electron chi connectivity index (χ2n) is 31.2. The Labute approximate surface area is 549 Å². The quantitative estimate of drug-likeness (QED) is 0.0309. The van der Waals surface area contributed by atoms with Crippen LogP contribution in [0.25, 0.3) is 0 Å². The Morgan fingerprint density at radius 2 is 0.543 bits per heavy atom. The highest BCUT2D eigenvalue weighted by atomic mass is 16.4. The number of aliphatic carboxylic acids is 2. The standard InChI is InChI=1S/C84H102O8/c1-77(2,3)65-47-55(49-69(73(65)87)81(11,12)63-37-27-21-28-38-63)43-59-45-57(51-67(71(59)85)79(7,8)61-33-23-19-24-34-61)53-83(15,75(89)90)41-31-17-18-32-42-84(16,76(91)92)54-58-46-60(72(86)68(52-58)80(9,10)62-35-25-20-26-36-62)44-56-48-66(78(4,5)6)74(88)70(50-56)82(13,14)64-39-29-22-30-40-64/h19-30,33-40,45-52,85-88H,17-18,31-32,41-44,53-54H2,1-16H3,(H,89,90)(H,91,92).